The minimum atomic E-state index is 0.577. The molecule has 1 aliphatic rings. The van der Waals surface area contributed by atoms with E-state index >= 15 is 0 Å². The van der Waals surface area contributed by atoms with Gasteiger partial charge in [-0.25, -0.2) is 4.98 Å². The summed E-state index contributed by atoms with van der Waals surface area (Å²) in [5.41, 5.74) is 0. The maximum atomic E-state index is 4.40. The SMILES string of the molecule is CC(C)NC1CCCN(Cc2nccn2C)C1. The number of nitrogens with one attached hydrogen (secondary N) is 1. The van der Waals surface area contributed by atoms with Gasteiger partial charge in [0, 0.05) is 38.1 Å². The predicted octanol–water partition coefficient (Wildman–Crippen LogP) is 1.38. The van der Waals surface area contributed by atoms with E-state index in [0.29, 0.717) is 12.1 Å². The first-order valence-corrected chi connectivity index (χ1v) is 6.59. The van der Waals surface area contributed by atoms with Crippen LogP contribution in [0.1, 0.15) is 32.5 Å². The maximum absolute atomic E-state index is 4.40. The van der Waals surface area contributed by atoms with Crippen LogP contribution >= 0.6 is 0 Å². The second kappa shape index (κ2) is 5.65. The molecule has 1 N–H and O–H groups in total. The first-order valence-electron chi connectivity index (χ1n) is 6.59. The summed E-state index contributed by atoms with van der Waals surface area (Å²) >= 11 is 0. The zero-order chi connectivity index (χ0) is 12.3. The molecule has 0 saturated carbocycles. The van der Waals surface area contributed by atoms with Gasteiger partial charge in [-0.15, -0.1) is 0 Å². The molecule has 96 valence electrons. The number of hydrogen-bond donors (Lipinski definition) is 1. The third-order valence-electron chi connectivity index (χ3n) is 3.36. The summed E-state index contributed by atoms with van der Waals surface area (Å²) in [7, 11) is 2.07. The van der Waals surface area contributed by atoms with Crippen molar-refractivity contribution in [2.24, 2.45) is 7.05 Å². The highest BCUT2D eigenvalue weighted by Crippen LogP contribution is 2.13. The highest BCUT2D eigenvalue weighted by atomic mass is 15.2. The molecule has 0 spiro atoms. The third-order valence-corrected chi connectivity index (χ3v) is 3.36. The van der Waals surface area contributed by atoms with Crippen LogP contribution in [0.25, 0.3) is 0 Å². The zero-order valence-electron chi connectivity index (χ0n) is 11.2. The van der Waals surface area contributed by atoms with Crippen LogP contribution in [0.15, 0.2) is 12.4 Å². The van der Waals surface area contributed by atoms with E-state index in [1.54, 1.807) is 0 Å². The molecule has 1 unspecified atom stereocenters. The zero-order valence-corrected chi connectivity index (χ0v) is 11.2. The normalized spacial score (nSPS) is 22.2. The van der Waals surface area contributed by atoms with E-state index in [2.05, 4.69) is 40.7 Å². The highest BCUT2D eigenvalue weighted by molar-refractivity contribution is 4.92. The van der Waals surface area contributed by atoms with Crippen molar-refractivity contribution >= 4 is 0 Å². The number of aromatic nitrogens is 2. The number of nitrogens with zero attached hydrogens (tertiary/aromatic N) is 3. The van der Waals surface area contributed by atoms with Gasteiger partial charge in [-0.1, -0.05) is 13.8 Å². The monoisotopic (exact) mass is 236 g/mol. The molecule has 0 bridgehead atoms. The molecule has 1 aromatic rings. The molecule has 1 aliphatic heterocycles. The number of rotatable bonds is 4. The Bertz CT molecular complexity index is 345. The van der Waals surface area contributed by atoms with Crippen LogP contribution in [0.2, 0.25) is 0 Å². The Labute approximate surface area is 104 Å². The first kappa shape index (κ1) is 12.6. The summed E-state index contributed by atoms with van der Waals surface area (Å²) in [4.78, 5) is 6.90. The smallest absolute Gasteiger partial charge is 0.122 e. The van der Waals surface area contributed by atoms with E-state index in [9.17, 15) is 0 Å². The molecule has 4 heteroatoms. The van der Waals surface area contributed by atoms with Gasteiger partial charge in [-0.3, -0.25) is 4.90 Å². The van der Waals surface area contributed by atoms with Gasteiger partial charge >= 0.3 is 0 Å². The van der Waals surface area contributed by atoms with Crippen molar-refractivity contribution in [2.45, 2.75) is 45.3 Å². The summed E-state index contributed by atoms with van der Waals surface area (Å²) in [5, 5.41) is 3.64. The van der Waals surface area contributed by atoms with Crippen molar-refractivity contribution in [3.05, 3.63) is 18.2 Å². The Kier molecular flexibility index (Phi) is 4.18. The van der Waals surface area contributed by atoms with Gasteiger partial charge in [0.2, 0.25) is 0 Å². The van der Waals surface area contributed by atoms with E-state index in [0.717, 1.165) is 18.9 Å². The Morgan fingerprint density at radius 3 is 3.00 bits per heavy atom. The lowest BCUT2D eigenvalue weighted by Crippen LogP contribution is -2.47. The quantitative estimate of drug-likeness (QED) is 0.857. The second-order valence-electron chi connectivity index (χ2n) is 5.35. The molecule has 1 aromatic heterocycles. The highest BCUT2D eigenvalue weighted by Gasteiger charge is 2.20. The van der Waals surface area contributed by atoms with Gasteiger partial charge in [0.15, 0.2) is 0 Å². The number of hydrogen-bond acceptors (Lipinski definition) is 3. The average Bonchev–Trinajstić information content (AvgIpc) is 2.64. The molecule has 2 heterocycles. The standard InChI is InChI=1S/C13H24N4/c1-11(2)15-12-5-4-7-17(9-12)10-13-14-6-8-16(13)3/h6,8,11-12,15H,4-5,7,9-10H2,1-3H3. The Morgan fingerprint density at radius 2 is 2.35 bits per heavy atom. The van der Waals surface area contributed by atoms with Crippen LogP contribution < -0.4 is 5.32 Å². The topological polar surface area (TPSA) is 33.1 Å². The Balaban J connectivity index is 1.87. The fourth-order valence-corrected chi connectivity index (χ4v) is 2.56. The van der Waals surface area contributed by atoms with E-state index in [-0.39, 0.29) is 0 Å². The molecule has 1 fully saturated rings. The summed E-state index contributed by atoms with van der Waals surface area (Å²) in [6.07, 6.45) is 6.48. The minimum Gasteiger partial charge on any atom is -0.337 e. The van der Waals surface area contributed by atoms with E-state index in [4.69, 9.17) is 0 Å². The van der Waals surface area contributed by atoms with Gasteiger partial charge in [0.05, 0.1) is 6.54 Å². The van der Waals surface area contributed by atoms with Crippen molar-refractivity contribution < 1.29 is 0 Å². The fourth-order valence-electron chi connectivity index (χ4n) is 2.56. The predicted molar refractivity (Wildman–Crippen MR) is 69.8 cm³/mol. The summed E-state index contributed by atoms with van der Waals surface area (Å²) < 4.78 is 2.11. The number of piperidine rings is 1. The third kappa shape index (κ3) is 3.54. The molecule has 4 nitrogen and oxygen atoms in total. The van der Waals surface area contributed by atoms with Gasteiger partial charge in [0.25, 0.3) is 0 Å². The molecule has 1 saturated heterocycles. The van der Waals surface area contributed by atoms with E-state index < -0.39 is 0 Å². The van der Waals surface area contributed by atoms with Crippen molar-refractivity contribution in [3.8, 4) is 0 Å². The van der Waals surface area contributed by atoms with Gasteiger partial charge in [-0.2, -0.15) is 0 Å². The molecule has 0 radical (unpaired) electrons. The molecule has 0 aliphatic carbocycles. The fraction of sp³-hybridized carbons (Fsp3) is 0.769. The lowest BCUT2D eigenvalue weighted by atomic mass is 10.0. The lowest BCUT2D eigenvalue weighted by Gasteiger charge is -2.34. The summed E-state index contributed by atoms with van der Waals surface area (Å²) in [5.74, 6) is 1.16. The van der Waals surface area contributed by atoms with Crippen molar-refractivity contribution in [1.82, 2.24) is 19.8 Å². The molecule has 1 atom stereocenters. The number of likely N-dealkylation sites (tertiary alicyclic amines) is 1. The molecule has 0 amide bonds. The van der Waals surface area contributed by atoms with Crippen molar-refractivity contribution in [1.29, 1.82) is 0 Å². The first-order chi connectivity index (χ1) is 8.15. The van der Waals surface area contributed by atoms with Gasteiger partial charge in [0.1, 0.15) is 5.82 Å². The molecule has 2 rings (SSSR count). The molecular formula is C13H24N4. The minimum absolute atomic E-state index is 0.577. The van der Waals surface area contributed by atoms with Crippen LogP contribution in [0.4, 0.5) is 0 Å². The van der Waals surface area contributed by atoms with Crippen LogP contribution in [0.3, 0.4) is 0 Å². The molecular weight excluding hydrogens is 212 g/mol. The van der Waals surface area contributed by atoms with E-state index in [1.165, 1.54) is 19.4 Å². The molecule has 17 heavy (non-hydrogen) atoms. The van der Waals surface area contributed by atoms with Crippen LogP contribution in [-0.4, -0.2) is 39.6 Å². The summed E-state index contributed by atoms with van der Waals surface area (Å²) in [6, 6.07) is 1.22. The van der Waals surface area contributed by atoms with E-state index in [1.807, 2.05) is 12.4 Å². The van der Waals surface area contributed by atoms with Gasteiger partial charge < -0.3 is 9.88 Å². The number of imidazole rings is 1. The molecule has 0 aromatic carbocycles. The van der Waals surface area contributed by atoms with Crippen LogP contribution in [0.5, 0.6) is 0 Å². The maximum Gasteiger partial charge on any atom is 0.122 e. The van der Waals surface area contributed by atoms with Crippen LogP contribution in [0, 0.1) is 0 Å². The van der Waals surface area contributed by atoms with Crippen molar-refractivity contribution in [2.75, 3.05) is 13.1 Å². The average molecular weight is 236 g/mol. The number of aryl methyl sites for hydroxylation is 1. The Hall–Kier alpha value is -0.870. The lowest BCUT2D eigenvalue weighted by molar-refractivity contribution is 0.173. The van der Waals surface area contributed by atoms with Crippen molar-refractivity contribution in [3.63, 3.8) is 0 Å². The largest absolute Gasteiger partial charge is 0.337 e. The van der Waals surface area contributed by atoms with Gasteiger partial charge in [-0.05, 0) is 19.4 Å². The van der Waals surface area contributed by atoms with Crippen LogP contribution in [-0.2, 0) is 13.6 Å². The second-order valence-corrected chi connectivity index (χ2v) is 5.35. The Morgan fingerprint density at radius 1 is 1.53 bits per heavy atom. The summed E-state index contributed by atoms with van der Waals surface area (Å²) in [6.45, 7) is 7.75.